The van der Waals surface area contributed by atoms with E-state index in [9.17, 15) is 0 Å². The molecule has 1 saturated heterocycles. The topological polar surface area (TPSA) is 39.9 Å². The first-order valence-electron chi connectivity index (χ1n) is 4.83. The molecule has 3 nitrogen and oxygen atoms in total. The van der Waals surface area contributed by atoms with E-state index in [0.29, 0.717) is 11.6 Å². The third-order valence-corrected chi connectivity index (χ3v) is 3.71. The second-order valence-corrected chi connectivity index (χ2v) is 4.65. The first-order chi connectivity index (χ1) is 6.79. The molecule has 0 N–H and O–H groups in total. The van der Waals surface area contributed by atoms with Gasteiger partial charge >= 0.3 is 0 Å². The summed E-state index contributed by atoms with van der Waals surface area (Å²) in [5.41, 5.74) is 0.573. The fraction of sp³-hybridized carbons (Fsp3) is 0.600. The summed E-state index contributed by atoms with van der Waals surface area (Å²) in [4.78, 5) is 6.66. The van der Waals surface area contributed by atoms with E-state index < -0.39 is 0 Å². The Hall–Kier alpha value is -0.920. The average molecular weight is 207 g/mol. The summed E-state index contributed by atoms with van der Waals surface area (Å²) in [6.45, 7) is 2.29. The summed E-state index contributed by atoms with van der Waals surface area (Å²) in [6.07, 6.45) is 2.35. The number of likely N-dealkylation sites (tertiary alicyclic amines) is 1. The van der Waals surface area contributed by atoms with Crippen LogP contribution in [0.4, 0.5) is 0 Å². The van der Waals surface area contributed by atoms with Crippen LogP contribution in [-0.2, 0) is 0 Å². The molecule has 1 aliphatic heterocycles. The second kappa shape index (κ2) is 4.07. The van der Waals surface area contributed by atoms with Gasteiger partial charge in [-0.2, -0.15) is 5.26 Å². The molecular formula is C10H13N3S. The molecule has 0 spiro atoms. The molecule has 0 unspecified atom stereocenters. The van der Waals surface area contributed by atoms with E-state index >= 15 is 0 Å². The summed E-state index contributed by atoms with van der Waals surface area (Å²) in [6, 6.07) is 2.08. The average Bonchev–Trinajstić information content (AvgIpc) is 2.67. The van der Waals surface area contributed by atoms with Crippen molar-refractivity contribution in [2.75, 3.05) is 20.1 Å². The molecule has 0 bridgehead atoms. The third kappa shape index (κ3) is 1.94. The summed E-state index contributed by atoms with van der Waals surface area (Å²) < 4.78 is 0. The van der Waals surface area contributed by atoms with E-state index in [1.165, 1.54) is 12.8 Å². The summed E-state index contributed by atoms with van der Waals surface area (Å²) in [5.74, 6) is 0.582. The third-order valence-electron chi connectivity index (χ3n) is 2.70. The molecule has 2 heterocycles. The van der Waals surface area contributed by atoms with Gasteiger partial charge in [0.05, 0.1) is 5.01 Å². The molecule has 0 radical (unpaired) electrons. The van der Waals surface area contributed by atoms with E-state index in [1.54, 1.807) is 11.3 Å². The molecule has 4 heteroatoms. The predicted octanol–water partition coefficient (Wildman–Crippen LogP) is 1.82. The molecule has 1 aliphatic rings. The largest absolute Gasteiger partial charge is 0.306 e. The molecule has 0 aromatic carbocycles. The highest BCUT2D eigenvalue weighted by atomic mass is 32.1. The Morgan fingerprint density at radius 2 is 2.29 bits per heavy atom. The predicted molar refractivity (Wildman–Crippen MR) is 56.3 cm³/mol. The molecule has 74 valence electrons. The zero-order valence-electron chi connectivity index (χ0n) is 8.23. The van der Waals surface area contributed by atoms with Crippen LogP contribution in [0.25, 0.3) is 0 Å². The van der Waals surface area contributed by atoms with Gasteiger partial charge < -0.3 is 4.90 Å². The van der Waals surface area contributed by atoms with E-state index in [1.807, 2.05) is 5.38 Å². The molecule has 14 heavy (non-hydrogen) atoms. The van der Waals surface area contributed by atoms with Crippen molar-refractivity contribution >= 4 is 11.3 Å². The van der Waals surface area contributed by atoms with E-state index in [-0.39, 0.29) is 0 Å². The fourth-order valence-electron chi connectivity index (χ4n) is 1.78. The van der Waals surface area contributed by atoms with Gasteiger partial charge in [0.25, 0.3) is 0 Å². The second-order valence-electron chi connectivity index (χ2n) is 3.76. The number of hydrogen-bond acceptors (Lipinski definition) is 4. The molecule has 1 aromatic heterocycles. The SMILES string of the molecule is CN1CCC(c2nc(C#N)cs2)CC1. The van der Waals surface area contributed by atoms with E-state index in [2.05, 4.69) is 23.0 Å². The maximum absolute atomic E-state index is 8.68. The summed E-state index contributed by atoms with van der Waals surface area (Å²) in [7, 11) is 2.15. The minimum absolute atomic E-state index is 0.573. The van der Waals surface area contributed by atoms with Crippen LogP contribution in [0.3, 0.4) is 0 Å². The quantitative estimate of drug-likeness (QED) is 0.705. The maximum atomic E-state index is 8.68. The van der Waals surface area contributed by atoms with Crippen molar-refractivity contribution in [3.63, 3.8) is 0 Å². The Morgan fingerprint density at radius 1 is 1.57 bits per heavy atom. The summed E-state index contributed by atoms with van der Waals surface area (Å²) in [5, 5.41) is 11.7. The highest BCUT2D eigenvalue weighted by Gasteiger charge is 2.20. The van der Waals surface area contributed by atoms with Crippen molar-refractivity contribution in [1.82, 2.24) is 9.88 Å². The van der Waals surface area contributed by atoms with Crippen LogP contribution in [0.1, 0.15) is 29.5 Å². The van der Waals surface area contributed by atoms with Gasteiger partial charge in [0.1, 0.15) is 6.07 Å². The zero-order valence-corrected chi connectivity index (χ0v) is 9.05. The van der Waals surface area contributed by atoms with Crippen molar-refractivity contribution < 1.29 is 0 Å². The number of hydrogen-bond donors (Lipinski definition) is 0. The minimum Gasteiger partial charge on any atom is -0.306 e. The van der Waals surface area contributed by atoms with Crippen LogP contribution < -0.4 is 0 Å². The Kier molecular flexibility index (Phi) is 2.80. The van der Waals surface area contributed by atoms with Gasteiger partial charge in [-0.3, -0.25) is 0 Å². The maximum Gasteiger partial charge on any atom is 0.151 e. The number of nitriles is 1. The molecule has 0 atom stereocenters. The van der Waals surface area contributed by atoms with Crippen LogP contribution in [0.15, 0.2) is 5.38 Å². The van der Waals surface area contributed by atoms with Gasteiger partial charge in [-0.15, -0.1) is 11.3 Å². The van der Waals surface area contributed by atoms with Gasteiger partial charge in [-0.05, 0) is 33.0 Å². The monoisotopic (exact) mass is 207 g/mol. The van der Waals surface area contributed by atoms with Crippen LogP contribution in [0, 0.1) is 11.3 Å². The van der Waals surface area contributed by atoms with Crippen LogP contribution >= 0.6 is 11.3 Å². The van der Waals surface area contributed by atoms with E-state index in [0.717, 1.165) is 18.1 Å². The van der Waals surface area contributed by atoms with Gasteiger partial charge in [0.2, 0.25) is 0 Å². The van der Waals surface area contributed by atoms with Gasteiger partial charge in [0, 0.05) is 11.3 Å². The number of nitrogens with zero attached hydrogens (tertiary/aromatic N) is 3. The number of aromatic nitrogens is 1. The first kappa shape index (κ1) is 9.63. The lowest BCUT2D eigenvalue weighted by molar-refractivity contribution is 0.255. The zero-order chi connectivity index (χ0) is 9.97. The lowest BCUT2D eigenvalue weighted by Gasteiger charge is -2.27. The highest BCUT2D eigenvalue weighted by Crippen LogP contribution is 2.29. The lowest BCUT2D eigenvalue weighted by Crippen LogP contribution is -2.29. The Bertz CT molecular complexity index is 344. The van der Waals surface area contributed by atoms with Crippen molar-refractivity contribution in [3.8, 4) is 6.07 Å². The fourth-order valence-corrected chi connectivity index (χ4v) is 2.70. The lowest BCUT2D eigenvalue weighted by atomic mass is 9.98. The molecule has 0 amide bonds. The number of rotatable bonds is 1. The molecule has 1 fully saturated rings. The Labute approximate surface area is 88.0 Å². The molecule has 0 saturated carbocycles. The molecule has 0 aliphatic carbocycles. The van der Waals surface area contributed by atoms with Gasteiger partial charge in [-0.25, -0.2) is 4.98 Å². The Balaban J connectivity index is 2.05. The number of piperidine rings is 1. The van der Waals surface area contributed by atoms with E-state index in [4.69, 9.17) is 5.26 Å². The molecule has 2 rings (SSSR count). The van der Waals surface area contributed by atoms with Gasteiger partial charge in [-0.1, -0.05) is 0 Å². The summed E-state index contributed by atoms with van der Waals surface area (Å²) >= 11 is 1.63. The molecular weight excluding hydrogens is 194 g/mol. The molecule has 1 aromatic rings. The first-order valence-corrected chi connectivity index (χ1v) is 5.71. The highest BCUT2D eigenvalue weighted by molar-refractivity contribution is 7.09. The number of thiazole rings is 1. The van der Waals surface area contributed by atoms with Crippen LogP contribution in [0.5, 0.6) is 0 Å². The standard InChI is InChI=1S/C10H13N3S/c1-13-4-2-8(3-5-13)10-12-9(6-11)7-14-10/h7-8H,2-5H2,1H3. The van der Waals surface area contributed by atoms with Crippen LogP contribution in [0.2, 0.25) is 0 Å². The van der Waals surface area contributed by atoms with Crippen molar-refractivity contribution in [2.24, 2.45) is 0 Å². The minimum atomic E-state index is 0.573. The van der Waals surface area contributed by atoms with Crippen molar-refractivity contribution in [2.45, 2.75) is 18.8 Å². The van der Waals surface area contributed by atoms with Gasteiger partial charge in [0.15, 0.2) is 5.69 Å². The van der Waals surface area contributed by atoms with Crippen molar-refractivity contribution in [1.29, 1.82) is 5.26 Å². The normalized spacial score (nSPS) is 19.4. The van der Waals surface area contributed by atoms with Crippen LogP contribution in [-0.4, -0.2) is 30.0 Å². The Morgan fingerprint density at radius 3 is 2.86 bits per heavy atom. The smallest absolute Gasteiger partial charge is 0.151 e. The van der Waals surface area contributed by atoms with Crippen molar-refractivity contribution in [3.05, 3.63) is 16.1 Å².